The molecule has 1 heterocycles. The van der Waals surface area contributed by atoms with Crippen LogP contribution in [0.5, 0.6) is 0 Å². The van der Waals surface area contributed by atoms with Crippen LogP contribution in [0.2, 0.25) is 0 Å². The first-order valence-corrected chi connectivity index (χ1v) is 26.8. The first kappa shape index (κ1) is 59.6. The topological polar surface area (TPSA) is 186 Å². The normalized spacial score (nSPS) is 20.0. The fourth-order valence-corrected chi connectivity index (χ4v) is 8.18. The summed E-state index contributed by atoms with van der Waals surface area (Å²) in [5, 5.41) is 30.9. The molecule has 0 bridgehead atoms. The summed E-state index contributed by atoms with van der Waals surface area (Å²) in [4.78, 5) is 25.5. The number of carbonyl (C=O) groups is 2. The van der Waals surface area contributed by atoms with Gasteiger partial charge in [-0.3, -0.25) is 14.1 Å². The molecule has 0 aromatic carbocycles. The molecule has 372 valence electrons. The Kier molecular flexibility index (Phi) is 38.1. The lowest BCUT2D eigenvalue weighted by molar-refractivity contribution is -0.297. The third-order valence-electron chi connectivity index (χ3n) is 11.4. The summed E-state index contributed by atoms with van der Waals surface area (Å²) in [6.07, 6.45) is 40.2. The van der Waals surface area contributed by atoms with Crippen molar-refractivity contribution < 1.29 is 56.8 Å². The quantitative estimate of drug-likeness (QED) is 0.0197. The second-order valence-electron chi connectivity index (χ2n) is 17.5. The molecule has 1 saturated heterocycles. The SMILES string of the molecule is CCCCC/C=C/C/C=C/C/C=C/C/C=C/CCCC(=O)O[C@H](COC(=O)CCCCCCCCCCCCCCCCCCCCC)CO[C@H]1O[C@H](CS(=O)(=O)O)[C@@H](O)C(O)C1O. The second-order valence-corrected chi connectivity index (χ2v) is 19.0. The van der Waals surface area contributed by atoms with Crippen molar-refractivity contribution in [1.29, 1.82) is 0 Å². The zero-order valence-corrected chi connectivity index (χ0v) is 40.7. The zero-order valence-electron chi connectivity index (χ0n) is 39.9. The molecule has 64 heavy (non-hydrogen) atoms. The summed E-state index contributed by atoms with van der Waals surface area (Å²) >= 11 is 0. The van der Waals surface area contributed by atoms with Crippen LogP contribution in [0, 0.1) is 0 Å². The predicted octanol–water partition coefficient (Wildman–Crippen LogP) is 11.1. The minimum atomic E-state index is -4.61. The van der Waals surface area contributed by atoms with Gasteiger partial charge in [0.05, 0.1) is 6.61 Å². The van der Waals surface area contributed by atoms with Gasteiger partial charge in [0.25, 0.3) is 10.1 Å². The lowest BCUT2D eigenvalue weighted by Crippen LogP contribution is -2.60. The summed E-state index contributed by atoms with van der Waals surface area (Å²) in [6, 6.07) is 0. The van der Waals surface area contributed by atoms with Gasteiger partial charge in [-0.15, -0.1) is 0 Å². The number of ether oxygens (including phenoxy) is 4. The molecule has 6 atom stereocenters. The zero-order chi connectivity index (χ0) is 46.9. The molecule has 0 amide bonds. The van der Waals surface area contributed by atoms with Crippen molar-refractivity contribution in [3.8, 4) is 0 Å². The van der Waals surface area contributed by atoms with Crippen LogP contribution in [0.4, 0.5) is 0 Å². The van der Waals surface area contributed by atoms with Gasteiger partial charge in [0.15, 0.2) is 12.4 Å². The molecule has 4 N–H and O–H groups in total. The van der Waals surface area contributed by atoms with Crippen LogP contribution in [0.1, 0.15) is 206 Å². The molecule has 1 aliphatic heterocycles. The van der Waals surface area contributed by atoms with Crippen molar-refractivity contribution in [3.63, 3.8) is 0 Å². The monoisotopic (exact) mass is 927 g/mol. The van der Waals surface area contributed by atoms with E-state index in [9.17, 15) is 37.9 Å². The number of aliphatic hydroxyl groups is 3. The molecular formula is C51H90O12S. The lowest BCUT2D eigenvalue weighted by Gasteiger charge is -2.40. The maximum atomic E-state index is 12.8. The van der Waals surface area contributed by atoms with Crippen molar-refractivity contribution in [2.45, 2.75) is 243 Å². The van der Waals surface area contributed by atoms with Crippen molar-refractivity contribution in [1.82, 2.24) is 0 Å². The average Bonchev–Trinajstić information content (AvgIpc) is 3.26. The minimum absolute atomic E-state index is 0.0890. The summed E-state index contributed by atoms with van der Waals surface area (Å²) < 4.78 is 54.1. The van der Waals surface area contributed by atoms with E-state index < -0.39 is 71.2 Å². The Morgan fingerprint density at radius 1 is 0.531 bits per heavy atom. The third kappa shape index (κ3) is 34.9. The second kappa shape index (κ2) is 40.8. The molecule has 0 aromatic heterocycles. The first-order valence-electron chi connectivity index (χ1n) is 25.2. The summed E-state index contributed by atoms with van der Waals surface area (Å²) in [5.41, 5.74) is 0. The van der Waals surface area contributed by atoms with E-state index in [-0.39, 0.29) is 19.4 Å². The van der Waals surface area contributed by atoms with Gasteiger partial charge in [-0.25, -0.2) is 0 Å². The largest absolute Gasteiger partial charge is 0.462 e. The molecule has 0 spiro atoms. The molecule has 1 aliphatic rings. The van der Waals surface area contributed by atoms with Crippen LogP contribution in [-0.2, 0) is 38.7 Å². The third-order valence-corrected chi connectivity index (χ3v) is 12.2. The Hall–Kier alpha value is -2.39. The number of unbranched alkanes of at least 4 members (excludes halogenated alkanes) is 22. The minimum Gasteiger partial charge on any atom is -0.462 e. The highest BCUT2D eigenvalue weighted by molar-refractivity contribution is 7.85. The Balaban J connectivity index is 2.42. The summed E-state index contributed by atoms with van der Waals surface area (Å²) in [6.45, 7) is 3.71. The number of carbonyl (C=O) groups excluding carboxylic acids is 2. The first-order chi connectivity index (χ1) is 31.0. The van der Waals surface area contributed by atoms with E-state index in [0.717, 1.165) is 44.9 Å². The number of hydrogen-bond donors (Lipinski definition) is 4. The Labute approximate surface area is 388 Å². The van der Waals surface area contributed by atoms with E-state index in [1.54, 1.807) is 0 Å². The van der Waals surface area contributed by atoms with Gasteiger partial charge in [0, 0.05) is 12.8 Å². The van der Waals surface area contributed by atoms with Crippen LogP contribution < -0.4 is 0 Å². The highest BCUT2D eigenvalue weighted by atomic mass is 32.2. The van der Waals surface area contributed by atoms with Gasteiger partial charge in [0.1, 0.15) is 36.8 Å². The van der Waals surface area contributed by atoms with Gasteiger partial charge in [-0.1, -0.05) is 191 Å². The molecule has 0 radical (unpaired) electrons. The Morgan fingerprint density at radius 2 is 0.953 bits per heavy atom. The number of aliphatic hydroxyl groups excluding tert-OH is 3. The highest BCUT2D eigenvalue weighted by Crippen LogP contribution is 2.24. The maximum Gasteiger partial charge on any atom is 0.306 e. The number of rotatable bonds is 42. The van der Waals surface area contributed by atoms with Crippen molar-refractivity contribution >= 4 is 22.1 Å². The Morgan fingerprint density at radius 3 is 1.44 bits per heavy atom. The maximum absolute atomic E-state index is 12.8. The molecule has 0 aliphatic carbocycles. The van der Waals surface area contributed by atoms with Gasteiger partial charge < -0.3 is 34.3 Å². The smallest absolute Gasteiger partial charge is 0.306 e. The average molecular weight is 927 g/mol. The number of esters is 2. The van der Waals surface area contributed by atoms with E-state index in [1.165, 1.54) is 116 Å². The van der Waals surface area contributed by atoms with Crippen LogP contribution in [0.15, 0.2) is 48.6 Å². The van der Waals surface area contributed by atoms with Gasteiger partial charge >= 0.3 is 11.9 Å². The molecule has 13 heteroatoms. The van der Waals surface area contributed by atoms with E-state index in [1.807, 2.05) is 12.2 Å². The van der Waals surface area contributed by atoms with Gasteiger partial charge in [0.2, 0.25) is 0 Å². The molecule has 0 saturated carbocycles. The molecule has 1 rings (SSSR count). The molecule has 12 nitrogen and oxygen atoms in total. The fraction of sp³-hybridized carbons (Fsp3) is 0.804. The van der Waals surface area contributed by atoms with E-state index in [0.29, 0.717) is 19.3 Å². The molecule has 1 fully saturated rings. The van der Waals surface area contributed by atoms with Crippen LogP contribution in [0.25, 0.3) is 0 Å². The van der Waals surface area contributed by atoms with Crippen LogP contribution >= 0.6 is 0 Å². The molecule has 2 unspecified atom stereocenters. The van der Waals surface area contributed by atoms with Crippen molar-refractivity contribution in [3.05, 3.63) is 48.6 Å². The van der Waals surface area contributed by atoms with Gasteiger partial charge in [-0.05, 0) is 51.4 Å². The van der Waals surface area contributed by atoms with E-state index >= 15 is 0 Å². The number of allylic oxidation sites excluding steroid dienone is 8. The fourth-order valence-electron chi connectivity index (χ4n) is 7.49. The van der Waals surface area contributed by atoms with Crippen LogP contribution in [-0.4, -0.2) is 96.0 Å². The lowest BCUT2D eigenvalue weighted by atomic mass is 10.00. The van der Waals surface area contributed by atoms with E-state index in [4.69, 9.17) is 18.9 Å². The van der Waals surface area contributed by atoms with Crippen molar-refractivity contribution in [2.75, 3.05) is 19.0 Å². The predicted molar refractivity (Wildman–Crippen MR) is 256 cm³/mol. The van der Waals surface area contributed by atoms with E-state index in [2.05, 4.69) is 50.3 Å². The van der Waals surface area contributed by atoms with Crippen LogP contribution in [0.3, 0.4) is 0 Å². The number of hydrogen-bond acceptors (Lipinski definition) is 11. The highest BCUT2D eigenvalue weighted by Gasteiger charge is 2.46. The standard InChI is InChI=1S/C51H90O12S/c1-3-5-7-9-11-13-15-17-19-21-22-24-25-27-29-31-33-35-37-39-46(52)60-41-44(42-61-51-50(56)49(55)48(54)45(63-51)43-64(57,58)59)62-47(53)40-38-36-34-32-30-28-26-23-20-18-16-14-12-10-8-6-4-2/h12,14,18,20,26,28,32,34,44-45,48-51,54-56H,3-11,13,15-17,19,21-25,27,29-31,33,35-43H2,1-2H3,(H,57,58,59)/b14-12+,20-18+,28-26+,34-32+/t44-,45-,48-,49?,50?,51+/m1/s1. The molecule has 0 aromatic rings. The molecular weight excluding hydrogens is 837 g/mol. The van der Waals surface area contributed by atoms with Gasteiger partial charge in [-0.2, -0.15) is 8.42 Å². The van der Waals surface area contributed by atoms with Crippen molar-refractivity contribution in [2.24, 2.45) is 0 Å². The Bertz CT molecular complexity index is 1360. The summed E-state index contributed by atoms with van der Waals surface area (Å²) in [5.74, 6) is -2.05. The summed E-state index contributed by atoms with van der Waals surface area (Å²) in [7, 11) is -4.61.